The lowest BCUT2D eigenvalue weighted by atomic mass is 9.74. The highest BCUT2D eigenvalue weighted by Crippen LogP contribution is 2.34. The number of morpholine rings is 1. The molecule has 2 heterocycles. The Balaban J connectivity index is 1.61. The van der Waals surface area contributed by atoms with E-state index in [1.54, 1.807) is 12.1 Å². The van der Waals surface area contributed by atoms with Gasteiger partial charge in [-0.25, -0.2) is 4.39 Å². The molecule has 1 atom stereocenters. The molecule has 31 heavy (non-hydrogen) atoms. The average molecular weight is 435 g/mol. The fraction of sp³-hybridized carbons (Fsp3) is 0.708. The molecule has 0 aromatic heterocycles. The van der Waals surface area contributed by atoms with Crippen molar-refractivity contribution in [1.29, 1.82) is 0 Å². The molecule has 6 nitrogen and oxygen atoms in total. The second-order valence-corrected chi connectivity index (χ2v) is 9.14. The zero-order valence-corrected chi connectivity index (χ0v) is 19.3. The maximum Gasteiger partial charge on any atom is 0.191 e. The van der Waals surface area contributed by atoms with E-state index in [9.17, 15) is 4.39 Å². The molecule has 1 unspecified atom stereocenters. The molecule has 2 aliphatic rings. The monoisotopic (exact) mass is 434 g/mol. The van der Waals surface area contributed by atoms with Gasteiger partial charge < -0.3 is 20.1 Å². The molecular weight excluding hydrogens is 395 g/mol. The molecule has 2 fully saturated rings. The lowest BCUT2D eigenvalue weighted by molar-refractivity contribution is 0.0132. The molecular formula is C24H39FN4O2. The Kier molecular flexibility index (Phi) is 9.11. The highest BCUT2D eigenvalue weighted by Gasteiger charge is 2.34. The highest BCUT2D eigenvalue weighted by atomic mass is 19.1. The van der Waals surface area contributed by atoms with Gasteiger partial charge in [0.1, 0.15) is 5.82 Å². The van der Waals surface area contributed by atoms with Crippen molar-refractivity contribution in [3.63, 3.8) is 0 Å². The first kappa shape index (κ1) is 24.0. The van der Waals surface area contributed by atoms with Crippen molar-refractivity contribution in [1.82, 2.24) is 15.5 Å². The van der Waals surface area contributed by atoms with E-state index < -0.39 is 0 Å². The van der Waals surface area contributed by atoms with E-state index >= 15 is 0 Å². The van der Waals surface area contributed by atoms with Crippen molar-refractivity contribution in [3.8, 4) is 0 Å². The van der Waals surface area contributed by atoms with Crippen molar-refractivity contribution in [2.75, 3.05) is 59.7 Å². The molecule has 0 bridgehead atoms. The summed E-state index contributed by atoms with van der Waals surface area (Å²) in [5.41, 5.74) is 1.08. The van der Waals surface area contributed by atoms with Gasteiger partial charge in [0, 0.05) is 57.9 Å². The number of aliphatic imine (C=N–C) groups is 1. The van der Waals surface area contributed by atoms with Crippen LogP contribution in [0.5, 0.6) is 0 Å². The zero-order valence-electron chi connectivity index (χ0n) is 19.3. The van der Waals surface area contributed by atoms with Gasteiger partial charge in [-0.15, -0.1) is 0 Å². The molecule has 2 saturated heterocycles. The molecule has 3 rings (SSSR count). The molecule has 1 aromatic carbocycles. The van der Waals surface area contributed by atoms with E-state index in [4.69, 9.17) is 9.47 Å². The molecule has 174 valence electrons. The molecule has 2 aliphatic heterocycles. The number of benzene rings is 1. The Morgan fingerprint density at radius 3 is 2.32 bits per heavy atom. The third-order valence-corrected chi connectivity index (χ3v) is 6.54. The van der Waals surface area contributed by atoms with Crippen LogP contribution in [0.25, 0.3) is 0 Å². The molecule has 0 aliphatic carbocycles. The quantitative estimate of drug-likeness (QED) is 0.487. The van der Waals surface area contributed by atoms with Gasteiger partial charge in [0.15, 0.2) is 5.96 Å². The van der Waals surface area contributed by atoms with Crippen molar-refractivity contribution in [2.24, 2.45) is 10.9 Å². The Morgan fingerprint density at radius 2 is 1.71 bits per heavy atom. The van der Waals surface area contributed by atoms with E-state index in [-0.39, 0.29) is 11.2 Å². The second kappa shape index (κ2) is 11.8. The third-order valence-electron chi connectivity index (χ3n) is 6.54. The summed E-state index contributed by atoms with van der Waals surface area (Å²) in [4.78, 5) is 7.00. The molecule has 1 aromatic rings. The SMILES string of the molecule is CN=C(NCC(CC(C)C)N1CCOCC1)NCC1(c2ccc(F)cc2)CCOCC1. The van der Waals surface area contributed by atoms with Crippen LogP contribution in [0.15, 0.2) is 29.3 Å². The van der Waals surface area contributed by atoms with Gasteiger partial charge in [-0.3, -0.25) is 9.89 Å². The smallest absolute Gasteiger partial charge is 0.191 e. The number of nitrogens with zero attached hydrogens (tertiary/aromatic N) is 2. The lowest BCUT2D eigenvalue weighted by Gasteiger charge is -2.39. The van der Waals surface area contributed by atoms with Crippen LogP contribution in [0, 0.1) is 11.7 Å². The normalized spacial score (nSPS) is 21.1. The first-order valence-electron chi connectivity index (χ1n) is 11.6. The Morgan fingerprint density at radius 1 is 1.06 bits per heavy atom. The van der Waals surface area contributed by atoms with Gasteiger partial charge in [0.2, 0.25) is 0 Å². The summed E-state index contributed by atoms with van der Waals surface area (Å²) in [5.74, 6) is 1.25. The van der Waals surface area contributed by atoms with E-state index in [1.165, 1.54) is 0 Å². The number of hydrogen-bond acceptors (Lipinski definition) is 4. The van der Waals surface area contributed by atoms with E-state index in [0.717, 1.165) is 83.4 Å². The summed E-state index contributed by atoms with van der Waals surface area (Å²) >= 11 is 0. The fourth-order valence-electron chi connectivity index (χ4n) is 4.67. The van der Waals surface area contributed by atoms with Gasteiger partial charge in [-0.05, 0) is 42.9 Å². The van der Waals surface area contributed by atoms with Crippen LogP contribution in [0.3, 0.4) is 0 Å². The molecule has 0 saturated carbocycles. The van der Waals surface area contributed by atoms with Crippen LogP contribution < -0.4 is 10.6 Å². The van der Waals surface area contributed by atoms with Gasteiger partial charge in [-0.2, -0.15) is 0 Å². The van der Waals surface area contributed by atoms with Gasteiger partial charge in [-0.1, -0.05) is 26.0 Å². The Labute approximate surface area is 186 Å². The van der Waals surface area contributed by atoms with Crippen LogP contribution in [0.2, 0.25) is 0 Å². The molecule has 0 radical (unpaired) electrons. The number of nitrogens with one attached hydrogen (secondary N) is 2. The number of ether oxygens (including phenoxy) is 2. The molecule has 2 N–H and O–H groups in total. The molecule has 7 heteroatoms. The van der Waals surface area contributed by atoms with E-state index in [1.807, 2.05) is 19.2 Å². The number of rotatable bonds is 8. The van der Waals surface area contributed by atoms with Crippen LogP contribution in [-0.4, -0.2) is 76.6 Å². The number of guanidine groups is 1. The van der Waals surface area contributed by atoms with E-state index in [2.05, 4.69) is 34.4 Å². The van der Waals surface area contributed by atoms with Crippen LogP contribution in [-0.2, 0) is 14.9 Å². The topological polar surface area (TPSA) is 58.1 Å². The van der Waals surface area contributed by atoms with Crippen LogP contribution in [0.1, 0.15) is 38.7 Å². The van der Waals surface area contributed by atoms with E-state index in [0.29, 0.717) is 12.0 Å². The maximum atomic E-state index is 13.5. The number of halogens is 1. The minimum Gasteiger partial charge on any atom is -0.381 e. The lowest BCUT2D eigenvalue weighted by Crippen LogP contribution is -2.52. The second-order valence-electron chi connectivity index (χ2n) is 9.14. The summed E-state index contributed by atoms with van der Waals surface area (Å²) in [6.45, 7) is 11.2. The molecule has 0 amide bonds. The zero-order chi connectivity index (χ0) is 22.1. The third kappa shape index (κ3) is 6.89. The van der Waals surface area contributed by atoms with Crippen molar-refractivity contribution in [3.05, 3.63) is 35.6 Å². The minimum atomic E-state index is -0.198. The predicted molar refractivity (Wildman–Crippen MR) is 123 cm³/mol. The standard InChI is InChI=1S/C24H39FN4O2/c1-19(2)16-22(29-10-14-31-15-11-29)17-27-23(26-3)28-18-24(8-12-30-13-9-24)20-4-6-21(25)7-5-20/h4-7,19,22H,8-18H2,1-3H3,(H2,26,27,28). The Bertz CT molecular complexity index is 683. The maximum absolute atomic E-state index is 13.5. The highest BCUT2D eigenvalue weighted by molar-refractivity contribution is 5.79. The van der Waals surface area contributed by atoms with Crippen LogP contribution in [0.4, 0.5) is 4.39 Å². The van der Waals surface area contributed by atoms with Crippen molar-refractivity contribution in [2.45, 2.75) is 44.6 Å². The summed E-state index contributed by atoms with van der Waals surface area (Å²) in [7, 11) is 1.82. The fourth-order valence-corrected chi connectivity index (χ4v) is 4.67. The summed E-state index contributed by atoms with van der Waals surface area (Å²) in [6, 6.07) is 7.39. The van der Waals surface area contributed by atoms with Crippen molar-refractivity contribution < 1.29 is 13.9 Å². The predicted octanol–water partition coefficient (Wildman–Crippen LogP) is 2.79. The largest absolute Gasteiger partial charge is 0.381 e. The molecule has 0 spiro atoms. The first-order chi connectivity index (χ1) is 15.0. The van der Waals surface area contributed by atoms with Gasteiger partial charge in [0.05, 0.1) is 13.2 Å². The summed E-state index contributed by atoms with van der Waals surface area (Å²) in [6.07, 6.45) is 2.96. The number of hydrogen-bond donors (Lipinski definition) is 2. The summed E-state index contributed by atoms with van der Waals surface area (Å²) < 4.78 is 24.6. The first-order valence-corrected chi connectivity index (χ1v) is 11.6. The Hall–Kier alpha value is -1.70. The van der Waals surface area contributed by atoms with Crippen LogP contribution >= 0.6 is 0 Å². The van der Waals surface area contributed by atoms with Gasteiger partial charge in [0.25, 0.3) is 0 Å². The van der Waals surface area contributed by atoms with Crippen molar-refractivity contribution >= 4 is 5.96 Å². The van der Waals surface area contributed by atoms with Gasteiger partial charge >= 0.3 is 0 Å². The minimum absolute atomic E-state index is 0.0783. The average Bonchev–Trinajstić information content (AvgIpc) is 2.79. The summed E-state index contributed by atoms with van der Waals surface area (Å²) in [5, 5.41) is 7.11.